The Balaban J connectivity index is 1.09. The van der Waals surface area contributed by atoms with Crippen molar-refractivity contribution in [2.75, 3.05) is 4.90 Å². The Hall–Kier alpha value is -8.00. The highest BCUT2D eigenvalue weighted by molar-refractivity contribution is 5.97. The maximum atomic E-state index is 2.51. The monoisotopic (exact) mass is 787 g/mol. The van der Waals surface area contributed by atoms with Gasteiger partial charge >= 0.3 is 0 Å². The van der Waals surface area contributed by atoms with Gasteiger partial charge in [0, 0.05) is 17.1 Å². The molecule has 10 aromatic rings. The number of rotatable bonds is 7. The van der Waals surface area contributed by atoms with Crippen LogP contribution in [0.1, 0.15) is 22.3 Å². The molecule has 12 rings (SSSR count). The van der Waals surface area contributed by atoms with Gasteiger partial charge in [0.05, 0.1) is 5.41 Å². The topological polar surface area (TPSA) is 3.24 Å². The Labute approximate surface area is 363 Å². The van der Waals surface area contributed by atoms with Crippen LogP contribution < -0.4 is 4.90 Å². The van der Waals surface area contributed by atoms with E-state index in [2.05, 4.69) is 254 Å². The molecule has 0 aliphatic heterocycles. The fraction of sp³-hybridized carbons (Fsp3) is 0.0164. The van der Waals surface area contributed by atoms with Crippen LogP contribution in [0, 0.1) is 0 Å². The first-order chi connectivity index (χ1) is 30.7. The summed E-state index contributed by atoms with van der Waals surface area (Å²) in [6.45, 7) is 0. The van der Waals surface area contributed by atoms with Gasteiger partial charge in [0.15, 0.2) is 0 Å². The van der Waals surface area contributed by atoms with Gasteiger partial charge in [0.1, 0.15) is 0 Å². The van der Waals surface area contributed by atoms with Crippen LogP contribution >= 0.6 is 0 Å². The molecule has 1 heteroatoms. The van der Waals surface area contributed by atoms with Crippen molar-refractivity contribution < 1.29 is 0 Å². The minimum Gasteiger partial charge on any atom is -0.310 e. The second-order valence-corrected chi connectivity index (χ2v) is 16.4. The van der Waals surface area contributed by atoms with Crippen LogP contribution in [-0.4, -0.2) is 0 Å². The van der Waals surface area contributed by atoms with Crippen LogP contribution in [0.5, 0.6) is 0 Å². The smallest absolute Gasteiger partial charge is 0.0726 e. The predicted octanol–water partition coefficient (Wildman–Crippen LogP) is 16.2. The molecule has 0 saturated heterocycles. The van der Waals surface area contributed by atoms with Crippen molar-refractivity contribution >= 4 is 17.1 Å². The Bertz CT molecular complexity index is 3170. The molecule has 0 bridgehead atoms. The fourth-order valence-electron chi connectivity index (χ4n) is 10.3. The lowest BCUT2D eigenvalue weighted by atomic mass is 9.70. The van der Waals surface area contributed by atoms with E-state index < -0.39 is 5.41 Å². The lowest BCUT2D eigenvalue weighted by Gasteiger charge is -2.32. The van der Waals surface area contributed by atoms with Crippen LogP contribution in [0.25, 0.3) is 66.8 Å². The number of para-hydroxylation sites is 1. The van der Waals surface area contributed by atoms with Crippen LogP contribution in [0.2, 0.25) is 0 Å². The van der Waals surface area contributed by atoms with Gasteiger partial charge in [-0.1, -0.05) is 188 Å². The molecular weight excluding hydrogens is 747 g/mol. The third-order valence-electron chi connectivity index (χ3n) is 13.0. The highest BCUT2D eigenvalue weighted by atomic mass is 15.1. The molecule has 10 aromatic carbocycles. The molecule has 0 unspecified atom stereocenters. The quantitative estimate of drug-likeness (QED) is 0.155. The molecule has 0 fully saturated rings. The summed E-state index contributed by atoms with van der Waals surface area (Å²) in [6, 6.07) is 91.6. The van der Waals surface area contributed by atoms with Crippen molar-refractivity contribution in [3.8, 4) is 66.8 Å². The van der Waals surface area contributed by atoms with Gasteiger partial charge < -0.3 is 4.90 Å². The Kier molecular flexibility index (Phi) is 8.47. The molecule has 1 spiro atoms. The molecule has 0 amide bonds. The fourth-order valence-corrected chi connectivity index (χ4v) is 10.3. The molecule has 62 heavy (non-hydrogen) atoms. The summed E-state index contributed by atoms with van der Waals surface area (Å²) >= 11 is 0. The maximum absolute atomic E-state index is 2.51. The number of benzene rings is 10. The minimum absolute atomic E-state index is 0.530. The largest absolute Gasteiger partial charge is 0.310 e. The summed E-state index contributed by atoms with van der Waals surface area (Å²) in [5.74, 6) is 0. The molecule has 1 nitrogen and oxygen atoms in total. The van der Waals surface area contributed by atoms with E-state index in [1.807, 2.05) is 0 Å². The normalized spacial score (nSPS) is 12.6. The van der Waals surface area contributed by atoms with Crippen molar-refractivity contribution in [1.82, 2.24) is 0 Å². The van der Waals surface area contributed by atoms with Gasteiger partial charge in [-0.2, -0.15) is 0 Å². The molecule has 0 atom stereocenters. The average molecular weight is 788 g/mol. The molecule has 0 aromatic heterocycles. The first-order valence-corrected chi connectivity index (χ1v) is 21.5. The zero-order valence-electron chi connectivity index (χ0n) is 34.1. The summed E-state index contributed by atoms with van der Waals surface area (Å²) in [7, 11) is 0. The number of nitrogens with zero attached hydrogens (tertiary/aromatic N) is 1. The molecule has 290 valence electrons. The summed E-state index contributed by atoms with van der Waals surface area (Å²) in [5.41, 5.74) is 22.9. The zero-order valence-corrected chi connectivity index (χ0v) is 34.1. The second kappa shape index (κ2) is 14.6. The van der Waals surface area contributed by atoms with Gasteiger partial charge in [-0.15, -0.1) is 0 Å². The molecule has 2 aliphatic rings. The van der Waals surface area contributed by atoms with Gasteiger partial charge in [-0.25, -0.2) is 0 Å². The van der Waals surface area contributed by atoms with Gasteiger partial charge in [0.2, 0.25) is 0 Å². The zero-order chi connectivity index (χ0) is 41.0. The second-order valence-electron chi connectivity index (χ2n) is 16.4. The third kappa shape index (κ3) is 5.70. The first-order valence-electron chi connectivity index (χ1n) is 21.5. The number of hydrogen-bond acceptors (Lipinski definition) is 1. The summed E-state index contributed by atoms with van der Waals surface area (Å²) in [4.78, 5) is 2.42. The van der Waals surface area contributed by atoms with Crippen LogP contribution in [0.3, 0.4) is 0 Å². The van der Waals surface area contributed by atoms with Crippen LogP contribution in [0.15, 0.2) is 249 Å². The Morgan fingerprint density at radius 1 is 0.210 bits per heavy atom. The number of fused-ring (bicyclic) bond motifs is 10. The number of anilines is 3. The van der Waals surface area contributed by atoms with E-state index in [4.69, 9.17) is 0 Å². The Morgan fingerprint density at radius 3 is 1.18 bits per heavy atom. The average Bonchev–Trinajstić information content (AvgIpc) is 3.82. The van der Waals surface area contributed by atoms with E-state index >= 15 is 0 Å². The molecule has 0 heterocycles. The van der Waals surface area contributed by atoms with Crippen molar-refractivity contribution in [3.63, 3.8) is 0 Å². The maximum Gasteiger partial charge on any atom is 0.0726 e. The lowest BCUT2D eigenvalue weighted by molar-refractivity contribution is 0.794. The van der Waals surface area contributed by atoms with Crippen LogP contribution in [-0.2, 0) is 5.41 Å². The number of hydrogen-bond donors (Lipinski definition) is 0. The molecule has 0 radical (unpaired) electrons. The summed E-state index contributed by atoms with van der Waals surface area (Å²) < 4.78 is 0. The molecule has 0 N–H and O–H groups in total. The van der Waals surface area contributed by atoms with E-state index in [1.165, 1.54) is 89.0 Å². The van der Waals surface area contributed by atoms with E-state index in [1.54, 1.807) is 0 Å². The predicted molar refractivity (Wildman–Crippen MR) is 259 cm³/mol. The highest BCUT2D eigenvalue weighted by Gasteiger charge is 2.52. The summed E-state index contributed by atoms with van der Waals surface area (Å²) in [5, 5.41) is 0. The first kappa shape index (κ1) is 35.9. The van der Waals surface area contributed by atoms with Crippen molar-refractivity contribution in [3.05, 3.63) is 271 Å². The standard InChI is InChI=1S/C61H41N/c1-5-18-42(19-6-1)45-24-17-27-51(39-45)62(50-25-11-4-12-26-50)52-33-35-56-55-34-32-46(49-37-47(43-20-7-2-8-21-43)36-48(38-49)44-22-9-3-10-23-44)40-59(55)61(60(56)41-52)57-30-15-13-28-53(57)54-29-14-16-31-58(54)61/h1-41H. The minimum atomic E-state index is -0.530. The van der Waals surface area contributed by atoms with Crippen molar-refractivity contribution in [2.24, 2.45) is 0 Å². The van der Waals surface area contributed by atoms with E-state index in [9.17, 15) is 0 Å². The van der Waals surface area contributed by atoms with Crippen LogP contribution in [0.4, 0.5) is 17.1 Å². The Morgan fingerprint density at radius 2 is 0.597 bits per heavy atom. The SMILES string of the molecule is c1ccc(-c2cc(-c3ccccc3)cc(-c3ccc4c(c3)C3(c5ccccc5-c5ccccc53)c3cc(N(c5ccccc5)c5cccc(-c6ccccc6)c5)ccc3-4)c2)cc1. The van der Waals surface area contributed by atoms with Crippen molar-refractivity contribution in [1.29, 1.82) is 0 Å². The molecule has 0 saturated carbocycles. The van der Waals surface area contributed by atoms with Gasteiger partial charge in [0.25, 0.3) is 0 Å². The van der Waals surface area contributed by atoms with E-state index in [0.717, 1.165) is 17.1 Å². The highest BCUT2D eigenvalue weighted by Crippen LogP contribution is 2.64. The van der Waals surface area contributed by atoms with E-state index in [-0.39, 0.29) is 0 Å². The van der Waals surface area contributed by atoms with Crippen molar-refractivity contribution in [2.45, 2.75) is 5.41 Å². The van der Waals surface area contributed by atoms with Gasteiger partial charge in [-0.3, -0.25) is 0 Å². The third-order valence-corrected chi connectivity index (χ3v) is 13.0. The molecular formula is C61H41N. The van der Waals surface area contributed by atoms with Gasteiger partial charge in [-0.05, 0) is 150 Å². The molecule has 2 aliphatic carbocycles. The van der Waals surface area contributed by atoms with E-state index in [0.29, 0.717) is 0 Å². The summed E-state index contributed by atoms with van der Waals surface area (Å²) in [6.07, 6.45) is 0. The lowest BCUT2D eigenvalue weighted by Crippen LogP contribution is -2.26.